The van der Waals surface area contributed by atoms with Crippen LogP contribution in [0.25, 0.3) is 0 Å². The van der Waals surface area contributed by atoms with Crippen LogP contribution in [0.4, 0.5) is 4.79 Å². The number of ether oxygens (including phenoxy) is 3. The average Bonchev–Trinajstić information content (AvgIpc) is 2.74. The minimum atomic E-state index is -2.11. The molecule has 0 radical (unpaired) electrons. The molecule has 1 saturated heterocycles. The number of hydrogen-bond donors (Lipinski definition) is 1. The zero-order chi connectivity index (χ0) is 24.0. The van der Waals surface area contributed by atoms with Gasteiger partial charge in [-0.25, -0.2) is 14.4 Å². The molecule has 0 spiro atoms. The largest absolute Gasteiger partial charge is 0.466 e. The highest BCUT2D eigenvalue weighted by atomic mass is 32.3. The molecule has 32 heavy (non-hydrogen) atoms. The van der Waals surface area contributed by atoms with E-state index in [4.69, 9.17) is 26.8 Å². The maximum absolute atomic E-state index is 12.9. The zero-order valence-electron chi connectivity index (χ0n) is 18.7. The smallest absolute Gasteiger partial charge is 0.330 e. The van der Waals surface area contributed by atoms with Crippen LogP contribution >= 0.6 is 10.9 Å². The molecule has 0 aliphatic carbocycles. The molecule has 1 unspecified atom stereocenters. The van der Waals surface area contributed by atoms with Crippen LogP contribution in [0, 0.1) is 0 Å². The summed E-state index contributed by atoms with van der Waals surface area (Å²) in [5.74, 6) is -1.65. The topological polar surface area (TPSA) is 139 Å². The maximum Gasteiger partial charge on any atom is 0.330 e. The van der Waals surface area contributed by atoms with Gasteiger partial charge in [-0.05, 0) is 20.3 Å². The number of rotatable bonds is 15. The number of nitrogens with zero attached hydrogens (tertiary/aromatic N) is 1. The van der Waals surface area contributed by atoms with Crippen LogP contribution in [-0.4, -0.2) is 87.4 Å². The number of nitrogens with one attached hydrogen (secondary N) is 1. The summed E-state index contributed by atoms with van der Waals surface area (Å²) in [7, 11) is -0.646. The third kappa shape index (κ3) is 9.02. The van der Waals surface area contributed by atoms with Crippen LogP contribution in [0.3, 0.4) is 0 Å². The van der Waals surface area contributed by atoms with Gasteiger partial charge >= 0.3 is 23.9 Å². The summed E-state index contributed by atoms with van der Waals surface area (Å²) in [5.41, 5.74) is 0. The van der Waals surface area contributed by atoms with Crippen molar-refractivity contribution < 1.29 is 45.9 Å². The first-order valence-corrected chi connectivity index (χ1v) is 11.7. The highest BCUT2D eigenvalue weighted by Crippen LogP contribution is 2.57. The predicted molar refractivity (Wildman–Crippen MR) is 114 cm³/mol. The van der Waals surface area contributed by atoms with Crippen LogP contribution < -0.4 is 5.32 Å². The molecule has 1 atom stereocenters. The zero-order valence-corrected chi connectivity index (χ0v) is 19.5. The standard InChI is InChI=1S/C19H32N2O10S/c1-5-16(22)29-11-9-20-19(25)21(10-8-12-32(26-4)30-14-31-32)15(18(24)28-7-3)13-17(23)27-6-2/h5,15H,1,6-14H2,2-4H3,(H,20,25). The fourth-order valence-electron chi connectivity index (χ4n) is 2.67. The Bertz CT molecular complexity index is 651. The number of esters is 3. The Labute approximate surface area is 189 Å². The predicted octanol–water partition coefficient (Wildman–Crippen LogP) is 1.20. The van der Waals surface area contributed by atoms with Gasteiger partial charge < -0.3 is 24.4 Å². The van der Waals surface area contributed by atoms with E-state index in [-0.39, 0.29) is 46.1 Å². The molecule has 0 aromatic rings. The SMILES string of the molecule is C=CC(=O)OCCNC(=O)N(CCCS1(OC)OCO1)C(CC(=O)OCC)C(=O)OCC. The molecule has 0 aromatic carbocycles. The molecule has 184 valence electrons. The van der Waals surface area contributed by atoms with Gasteiger partial charge in [0.2, 0.25) is 0 Å². The number of hydrogen-bond acceptors (Lipinski definition) is 10. The van der Waals surface area contributed by atoms with E-state index in [0.29, 0.717) is 12.2 Å². The molecule has 1 aliphatic rings. The van der Waals surface area contributed by atoms with Crippen molar-refractivity contribution in [2.24, 2.45) is 0 Å². The summed E-state index contributed by atoms with van der Waals surface area (Å²) in [6, 6.07) is -1.85. The Balaban J connectivity index is 2.89. The van der Waals surface area contributed by atoms with Gasteiger partial charge in [0.1, 0.15) is 12.6 Å². The fraction of sp³-hybridized carbons (Fsp3) is 0.684. The minimum absolute atomic E-state index is 0.0106. The molecule has 1 heterocycles. The lowest BCUT2D eigenvalue weighted by molar-refractivity contribution is -0.155. The van der Waals surface area contributed by atoms with E-state index >= 15 is 0 Å². The minimum Gasteiger partial charge on any atom is -0.466 e. The van der Waals surface area contributed by atoms with E-state index in [1.807, 2.05) is 0 Å². The number of urea groups is 1. The van der Waals surface area contributed by atoms with Gasteiger partial charge in [-0.15, -0.1) is 0 Å². The summed E-state index contributed by atoms with van der Waals surface area (Å²) in [4.78, 5) is 49.8. The van der Waals surface area contributed by atoms with Crippen molar-refractivity contribution in [1.82, 2.24) is 10.2 Å². The van der Waals surface area contributed by atoms with E-state index < -0.39 is 40.9 Å². The van der Waals surface area contributed by atoms with E-state index in [0.717, 1.165) is 6.08 Å². The van der Waals surface area contributed by atoms with Gasteiger partial charge in [0, 0.05) is 18.4 Å². The van der Waals surface area contributed by atoms with Crippen LogP contribution in [0.5, 0.6) is 0 Å². The molecular weight excluding hydrogens is 448 g/mol. The first-order valence-electron chi connectivity index (χ1n) is 10.1. The van der Waals surface area contributed by atoms with E-state index in [9.17, 15) is 19.2 Å². The molecule has 1 fully saturated rings. The molecule has 2 amide bonds. The lowest BCUT2D eigenvalue weighted by Gasteiger charge is -2.43. The first kappa shape index (κ1) is 27.7. The van der Waals surface area contributed by atoms with Crippen LogP contribution in [0.15, 0.2) is 12.7 Å². The lowest BCUT2D eigenvalue weighted by Crippen LogP contribution is -2.52. The van der Waals surface area contributed by atoms with E-state index in [1.54, 1.807) is 13.8 Å². The summed E-state index contributed by atoms with van der Waals surface area (Å²) in [6.07, 6.45) is 0.990. The monoisotopic (exact) mass is 480 g/mol. The van der Waals surface area contributed by atoms with Crippen molar-refractivity contribution in [3.8, 4) is 0 Å². The van der Waals surface area contributed by atoms with Crippen LogP contribution in [0.2, 0.25) is 0 Å². The number of amides is 2. The van der Waals surface area contributed by atoms with Crippen LogP contribution in [0.1, 0.15) is 26.7 Å². The Hall–Kier alpha value is -2.35. The Morgan fingerprint density at radius 1 is 1.16 bits per heavy atom. The lowest BCUT2D eigenvalue weighted by atomic mass is 10.1. The third-order valence-electron chi connectivity index (χ3n) is 4.15. The fourth-order valence-corrected chi connectivity index (χ4v) is 4.06. The summed E-state index contributed by atoms with van der Waals surface area (Å²) >= 11 is 0. The van der Waals surface area contributed by atoms with Crippen molar-refractivity contribution in [3.05, 3.63) is 12.7 Å². The molecular formula is C19H32N2O10S. The second kappa shape index (κ2) is 14.7. The van der Waals surface area contributed by atoms with Crippen LogP contribution in [-0.2, 0) is 41.1 Å². The summed E-state index contributed by atoms with van der Waals surface area (Å²) in [5, 5.41) is 2.56. The average molecular weight is 481 g/mol. The van der Waals surface area contributed by atoms with Gasteiger partial charge in [0.15, 0.2) is 6.79 Å². The van der Waals surface area contributed by atoms with Gasteiger partial charge in [0.05, 0.1) is 44.2 Å². The van der Waals surface area contributed by atoms with Gasteiger partial charge in [-0.3, -0.25) is 17.3 Å². The van der Waals surface area contributed by atoms with Crippen molar-refractivity contribution in [3.63, 3.8) is 0 Å². The second-order valence-corrected chi connectivity index (χ2v) is 8.54. The second-order valence-electron chi connectivity index (χ2n) is 6.21. The van der Waals surface area contributed by atoms with Gasteiger partial charge in [-0.1, -0.05) is 6.58 Å². The van der Waals surface area contributed by atoms with Gasteiger partial charge in [0.25, 0.3) is 0 Å². The first-order chi connectivity index (χ1) is 15.3. The van der Waals surface area contributed by atoms with Crippen molar-refractivity contribution in [2.45, 2.75) is 32.7 Å². The summed E-state index contributed by atoms with van der Waals surface area (Å²) in [6.45, 7) is 6.84. The molecule has 1 rings (SSSR count). The maximum atomic E-state index is 12.9. The van der Waals surface area contributed by atoms with Crippen molar-refractivity contribution >= 4 is 34.8 Å². The van der Waals surface area contributed by atoms with Crippen molar-refractivity contribution in [2.75, 3.05) is 52.6 Å². The van der Waals surface area contributed by atoms with Crippen molar-refractivity contribution in [1.29, 1.82) is 0 Å². The molecule has 13 heteroatoms. The molecule has 1 N–H and O–H groups in total. The third-order valence-corrected chi connectivity index (χ3v) is 6.36. The highest BCUT2D eigenvalue weighted by molar-refractivity contribution is 8.22. The Kier molecular flexibility index (Phi) is 12.7. The molecule has 0 saturated carbocycles. The number of carbonyl (C=O) groups is 4. The molecule has 0 bridgehead atoms. The van der Waals surface area contributed by atoms with E-state index in [1.165, 1.54) is 12.0 Å². The normalized spacial score (nSPS) is 16.0. The molecule has 1 aliphatic heterocycles. The molecule has 0 aromatic heterocycles. The Morgan fingerprint density at radius 2 is 1.84 bits per heavy atom. The summed E-state index contributed by atoms with van der Waals surface area (Å²) < 4.78 is 30.8. The number of carbonyl (C=O) groups excluding carboxylic acids is 4. The quantitative estimate of drug-likeness (QED) is 0.157. The van der Waals surface area contributed by atoms with Gasteiger partial charge in [-0.2, -0.15) is 0 Å². The molecule has 12 nitrogen and oxygen atoms in total. The highest BCUT2D eigenvalue weighted by Gasteiger charge is 2.37. The Morgan fingerprint density at radius 3 is 2.38 bits per heavy atom. The van der Waals surface area contributed by atoms with E-state index in [2.05, 4.69) is 11.9 Å².